The van der Waals surface area contributed by atoms with Crippen LogP contribution in [0.5, 0.6) is 0 Å². The SMILES string of the molecule is CCNc1ncc(C(=O)N[C@H]2[C@H]3CC[C@@H](C3)[C@@H]2CO)s1. The van der Waals surface area contributed by atoms with Crippen molar-refractivity contribution in [2.75, 3.05) is 18.5 Å². The zero-order valence-corrected chi connectivity index (χ0v) is 12.4. The van der Waals surface area contributed by atoms with Crippen LogP contribution in [0.15, 0.2) is 6.20 Å². The summed E-state index contributed by atoms with van der Waals surface area (Å²) in [4.78, 5) is 17.1. The number of nitrogens with one attached hydrogen (secondary N) is 2. The summed E-state index contributed by atoms with van der Waals surface area (Å²) >= 11 is 1.38. The van der Waals surface area contributed by atoms with Crippen LogP contribution in [0.25, 0.3) is 0 Å². The molecule has 6 heteroatoms. The zero-order valence-electron chi connectivity index (χ0n) is 11.6. The predicted octanol–water partition coefficient (Wildman–Crippen LogP) is 1.71. The van der Waals surface area contributed by atoms with Crippen molar-refractivity contribution in [3.63, 3.8) is 0 Å². The van der Waals surface area contributed by atoms with Gasteiger partial charge >= 0.3 is 0 Å². The summed E-state index contributed by atoms with van der Waals surface area (Å²) in [5, 5.41) is 16.6. The molecule has 1 heterocycles. The van der Waals surface area contributed by atoms with Crippen LogP contribution in [0, 0.1) is 17.8 Å². The molecular formula is C14H21N3O2S. The van der Waals surface area contributed by atoms with Crippen LogP contribution in [-0.2, 0) is 0 Å². The van der Waals surface area contributed by atoms with E-state index in [9.17, 15) is 9.90 Å². The monoisotopic (exact) mass is 295 g/mol. The van der Waals surface area contributed by atoms with E-state index in [0.29, 0.717) is 16.7 Å². The molecule has 1 aromatic rings. The fourth-order valence-corrected chi connectivity index (χ4v) is 4.52. The van der Waals surface area contributed by atoms with Crippen LogP contribution in [0.3, 0.4) is 0 Å². The molecule has 2 saturated carbocycles. The summed E-state index contributed by atoms with van der Waals surface area (Å²) in [5.74, 6) is 1.32. The molecule has 4 atom stereocenters. The number of hydrogen-bond donors (Lipinski definition) is 3. The Balaban J connectivity index is 1.66. The molecule has 0 radical (unpaired) electrons. The summed E-state index contributed by atoms with van der Waals surface area (Å²) < 4.78 is 0. The van der Waals surface area contributed by atoms with Crippen molar-refractivity contribution in [2.45, 2.75) is 32.2 Å². The summed E-state index contributed by atoms with van der Waals surface area (Å²) in [6, 6.07) is 0.135. The van der Waals surface area contributed by atoms with Crippen molar-refractivity contribution in [1.29, 1.82) is 0 Å². The third-order valence-electron chi connectivity index (χ3n) is 4.65. The van der Waals surface area contributed by atoms with E-state index in [1.165, 1.54) is 24.2 Å². The van der Waals surface area contributed by atoms with Crippen molar-refractivity contribution >= 4 is 22.4 Å². The van der Waals surface area contributed by atoms with E-state index in [1.54, 1.807) is 6.20 Å². The van der Waals surface area contributed by atoms with E-state index >= 15 is 0 Å². The third kappa shape index (κ3) is 2.42. The smallest absolute Gasteiger partial charge is 0.263 e. The fourth-order valence-electron chi connectivity index (χ4n) is 3.73. The first-order chi connectivity index (χ1) is 9.72. The predicted molar refractivity (Wildman–Crippen MR) is 78.9 cm³/mol. The minimum atomic E-state index is -0.0531. The molecule has 5 nitrogen and oxygen atoms in total. The Morgan fingerprint density at radius 1 is 1.50 bits per heavy atom. The maximum Gasteiger partial charge on any atom is 0.263 e. The summed E-state index contributed by atoms with van der Waals surface area (Å²) in [5.41, 5.74) is 0. The number of thiazole rings is 1. The van der Waals surface area contributed by atoms with E-state index in [-0.39, 0.29) is 24.5 Å². The lowest BCUT2D eigenvalue weighted by molar-refractivity contribution is 0.0865. The third-order valence-corrected chi connectivity index (χ3v) is 5.61. The molecule has 3 rings (SSSR count). The van der Waals surface area contributed by atoms with E-state index < -0.39 is 0 Å². The lowest BCUT2D eigenvalue weighted by Gasteiger charge is -2.30. The number of aliphatic hydroxyl groups is 1. The van der Waals surface area contributed by atoms with Crippen LogP contribution >= 0.6 is 11.3 Å². The first-order valence-corrected chi connectivity index (χ1v) is 8.16. The average molecular weight is 295 g/mol. The Hall–Kier alpha value is -1.14. The molecule has 0 aromatic carbocycles. The maximum absolute atomic E-state index is 12.3. The molecule has 2 aliphatic carbocycles. The number of anilines is 1. The highest BCUT2D eigenvalue weighted by Gasteiger charge is 2.47. The number of amides is 1. The topological polar surface area (TPSA) is 74.2 Å². The highest BCUT2D eigenvalue weighted by molar-refractivity contribution is 7.17. The molecule has 1 aromatic heterocycles. The number of hydrogen-bond acceptors (Lipinski definition) is 5. The molecular weight excluding hydrogens is 274 g/mol. The lowest BCUT2D eigenvalue weighted by Crippen LogP contribution is -2.45. The van der Waals surface area contributed by atoms with Gasteiger partial charge in [0, 0.05) is 25.1 Å². The van der Waals surface area contributed by atoms with E-state index in [4.69, 9.17) is 0 Å². The highest BCUT2D eigenvalue weighted by atomic mass is 32.1. The normalized spacial score (nSPS) is 31.5. The molecule has 1 amide bonds. The van der Waals surface area contributed by atoms with Gasteiger partial charge < -0.3 is 15.7 Å². The van der Waals surface area contributed by atoms with Gasteiger partial charge in [-0.1, -0.05) is 11.3 Å². The zero-order chi connectivity index (χ0) is 14.1. The van der Waals surface area contributed by atoms with Gasteiger partial charge in [0.25, 0.3) is 5.91 Å². The van der Waals surface area contributed by atoms with E-state index in [0.717, 1.165) is 18.1 Å². The van der Waals surface area contributed by atoms with Crippen molar-refractivity contribution < 1.29 is 9.90 Å². The largest absolute Gasteiger partial charge is 0.396 e. The van der Waals surface area contributed by atoms with Gasteiger partial charge in [-0.25, -0.2) is 4.98 Å². The van der Waals surface area contributed by atoms with E-state index in [1.807, 2.05) is 6.92 Å². The number of fused-ring (bicyclic) bond motifs is 2. The fraction of sp³-hybridized carbons (Fsp3) is 0.714. The Morgan fingerprint density at radius 2 is 2.30 bits per heavy atom. The second-order valence-electron chi connectivity index (χ2n) is 5.74. The average Bonchev–Trinajstić information content (AvgIpc) is 3.13. The van der Waals surface area contributed by atoms with Crippen molar-refractivity contribution in [3.8, 4) is 0 Å². The van der Waals surface area contributed by atoms with Crippen molar-refractivity contribution in [2.24, 2.45) is 17.8 Å². The van der Waals surface area contributed by atoms with Crippen LogP contribution in [0.1, 0.15) is 35.9 Å². The molecule has 2 bridgehead atoms. The molecule has 0 aliphatic heterocycles. The maximum atomic E-state index is 12.3. The molecule has 0 saturated heterocycles. The lowest BCUT2D eigenvalue weighted by atomic mass is 9.85. The van der Waals surface area contributed by atoms with Crippen LogP contribution < -0.4 is 10.6 Å². The number of aliphatic hydroxyl groups excluding tert-OH is 1. The first kappa shape index (κ1) is 13.8. The summed E-state index contributed by atoms with van der Waals surface area (Å²) in [7, 11) is 0. The van der Waals surface area contributed by atoms with Crippen LogP contribution in [0.2, 0.25) is 0 Å². The number of rotatable bonds is 5. The standard InChI is InChI=1S/C14H21N3O2S/c1-2-15-14-16-6-11(20-14)13(19)17-12-9-4-3-8(5-9)10(12)7-18/h6,8-10,12,18H,2-5,7H2,1H3,(H,15,16)(H,17,19)/t8-,9-,10-,12-/m0/s1. The first-order valence-electron chi connectivity index (χ1n) is 7.34. The molecule has 2 aliphatic rings. The summed E-state index contributed by atoms with van der Waals surface area (Å²) in [6.07, 6.45) is 5.16. The van der Waals surface area contributed by atoms with Gasteiger partial charge in [-0.15, -0.1) is 0 Å². The second-order valence-corrected chi connectivity index (χ2v) is 6.77. The van der Waals surface area contributed by atoms with Gasteiger partial charge in [0.15, 0.2) is 5.13 Å². The minimum Gasteiger partial charge on any atom is -0.396 e. The highest BCUT2D eigenvalue weighted by Crippen LogP contribution is 2.48. The number of carbonyl (C=O) groups is 1. The van der Waals surface area contributed by atoms with E-state index in [2.05, 4.69) is 15.6 Å². The van der Waals surface area contributed by atoms with Gasteiger partial charge in [-0.2, -0.15) is 0 Å². The number of nitrogens with zero attached hydrogens (tertiary/aromatic N) is 1. The molecule has 0 spiro atoms. The van der Waals surface area contributed by atoms with Gasteiger partial charge in [0.2, 0.25) is 0 Å². The Morgan fingerprint density at radius 3 is 3.05 bits per heavy atom. The number of carbonyl (C=O) groups excluding carboxylic acids is 1. The minimum absolute atomic E-state index is 0.0531. The number of aromatic nitrogens is 1. The van der Waals surface area contributed by atoms with Gasteiger partial charge in [0.05, 0.1) is 6.20 Å². The second kappa shape index (κ2) is 5.69. The van der Waals surface area contributed by atoms with Crippen molar-refractivity contribution in [1.82, 2.24) is 10.3 Å². The Bertz CT molecular complexity index is 491. The van der Waals surface area contributed by atoms with Crippen LogP contribution in [0.4, 0.5) is 5.13 Å². The summed E-state index contributed by atoms with van der Waals surface area (Å²) in [6.45, 7) is 2.98. The van der Waals surface area contributed by atoms with Crippen molar-refractivity contribution in [3.05, 3.63) is 11.1 Å². The molecule has 20 heavy (non-hydrogen) atoms. The van der Waals surface area contributed by atoms with Crippen LogP contribution in [-0.4, -0.2) is 35.2 Å². The molecule has 0 unspecified atom stereocenters. The molecule has 3 N–H and O–H groups in total. The molecule has 110 valence electrons. The molecule has 2 fully saturated rings. The van der Waals surface area contributed by atoms with Gasteiger partial charge in [-0.05, 0) is 38.0 Å². The Labute approximate surface area is 122 Å². The van der Waals surface area contributed by atoms with Gasteiger partial charge in [-0.3, -0.25) is 4.79 Å². The van der Waals surface area contributed by atoms with Gasteiger partial charge in [0.1, 0.15) is 4.88 Å². The Kier molecular flexibility index (Phi) is 3.94. The quantitative estimate of drug-likeness (QED) is 0.773.